The van der Waals surface area contributed by atoms with E-state index >= 15 is 0 Å². The van der Waals surface area contributed by atoms with Gasteiger partial charge in [-0.3, -0.25) is 4.79 Å². The van der Waals surface area contributed by atoms with Crippen LogP contribution in [0.3, 0.4) is 0 Å². The van der Waals surface area contributed by atoms with Gasteiger partial charge in [0.05, 0.1) is 12.3 Å². The SMILES string of the molecule is CCOC(=O)N/N=C1/C=C2C=CC3C(CC[C@@]4(C)C3CC3CCCCC34C(C)=O)[C@@]2(C)CC1. The van der Waals surface area contributed by atoms with Gasteiger partial charge in [-0.05, 0) is 105 Å². The largest absolute Gasteiger partial charge is 0.449 e. The Balaban J connectivity index is 1.45. The van der Waals surface area contributed by atoms with Crippen molar-refractivity contribution in [2.75, 3.05) is 6.61 Å². The number of carbonyl (C=O) groups excluding carboxylic acids is 2. The minimum Gasteiger partial charge on any atom is -0.449 e. The summed E-state index contributed by atoms with van der Waals surface area (Å²) < 4.78 is 4.93. The lowest BCUT2D eigenvalue weighted by atomic mass is 9.45. The smallest absolute Gasteiger partial charge is 0.427 e. The summed E-state index contributed by atoms with van der Waals surface area (Å²) >= 11 is 0. The Bertz CT molecular complexity index is 935. The fourth-order valence-corrected chi connectivity index (χ4v) is 9.18. The molecule has 0 bridgehead atoms. The van der Waals surface area contributed by atoms with Gasteiger partial charge in [0.25, 0.3) is 0 Å². The summed E-state index contributed by atoms with van der Waals surface area (Å²) in [5.41, 5.74) is 4.98. The highest BCUT2D eigenvalue weighted by molar-refractivity contribution is 5.97. The molecule has 0 aromatic heterocycles. The fraction of sp³-hybridized carbons (Fsp3) is 0.750. The van der Waals surface area contributed by atoms with E-state index in [-0.39, 0.29) is 16.2 Å². The second kappa shape index (κ2) is 8.09. The number of ether oxygens (including phenoxy) is 1. The van der Waals surface area contributed by atoms with Gasteiger partial charge < -0.3 is 4.74 Å². The van der Waals surface area contributed by atoms with Crippen molar-refractivity contribution >= 4 is 17.6 Å². The summed E-state index contributed by atoms with van der Waals surface area (Å²) in [6.45, 7) is 8.95. The van der Waals surface area contributed by atoms with Crippen LogP contribution in [-0.2, 0) is 9.53 Å². The second-order valence-electron chi connectivity index (χ2n) is 11.8. The van der Waals surface area contributed by atoms with Crippen LogP contribution in [0.4, 0.5) is 4.79 Å². The number of hydrogen-bond acceptors (Lipinski definition) is 4. The highest BCUT2D eigenvalue weighted by Gasteiger charge is 2.68. The van der Waals surface area contributed by atoms with E-state index in [2.05, 4.69) is 42.6 Å². The van der Waals surface area contributed by atoms with Gasteiger partial charge in [0, 0.05) is 5.41 Å². The van der Waals surface area contributed by atoms with Crippen LogP contribution in [0.1, 0.15) is 85.5 Å². The lowest BCUT2D eigenvalue weighted by Gasteiger charge is -2.58. The molecule has 33 heavy (non-hydrogen) atoms. The summed E-state index contributed by atoms with van der Waals surface area (Å²) in [4.78, 5) is 24.9. The topological polar surface area (TPSA) is 67.8 Å². The molecule has 7 atom stereocenters. The molecule has 5 aliphatic rings. The van der Waals surface area contributed by atoms with E-state index in [0.717, 1.165) is 25.0 Å². The van der Waals surface area contributed by atoms with E-state index in [0.29, 0.717) is 36.1 Å². The summed E-state index contributed by atoms with van der Waals surface area (Å²) in [6, 6.07) is 0. The first-order valence-electron chi connectivity index (χ1n) is 13.2. The molecule has 5 aliphatic carbocycles. The zero-order valence-corrected chi connectivity index (χ0v) is 20.8. The van der Waals surface area contributed by atoms with Crippen LogP contribution in [0.5, 0.6) is 0 Å². The van der Waals surface area contributed by atoms with E-state index in [4.69, 9.17) is 4.74 Å². The van der Waals surface area contributed by atoms with Gasteiger partial charge in [-0.2, -0.15) is 5.10 Å². The maximum absolute atomic E-state index is 13.2. The maximum atomic E-state index is 13.2. The number of carbonyl (C=O) groups is 2. The zero-order chi connectivity index (χ0) is 23.4. The van der Waals surface area contributed by atoms with Crippen molar-refractivity contribution in [1.29, 1.82) is 0 Å². The summed E-state index contributed by atoms with van der Waals surface area (Å²) in [5.74, 6) is 2.84. The van der Waals surface area contributed by atoms with Crippen LogP contribution >= 0.6 is 0 Å². The van der Waals surface area contributed by atoms with Gasteiger partial charge in [0.1, 0.15) is 5.78 Å². The molecule has 5 unspecified atom stereocenters. The molecule has 0 aromatic rings. The number of Topliss-reactive ketones (excluding diaryl/α,β-unsaturated/α-hetero) is 1. The lowest BCUT2D eigenvalue weighted by Crippen LogP contribution is -2.54. The van der Waals surface area contributed by atoms with Gasteiger partial charge >= 0.3 is 6.09 Å². The van der Waals surface area contributed by atoms with Crippen molar-refractivity contribution < 1.29 is 14.3 Å². The first-order chi connectivity index (χ1) is 15.8. The van der Waals surface area contributed by atoms with Crippen molar-refractivity contribution in [2.24, 2.45) is 45.0 Å². The number of allylic oxidation sites excluding steroid dienone is 4. The summed E-state index contributed by atoms with van der Waals surface area (Å²) in [5, 5.41) is 4.31. The molecule has 1 amide bonds. The molecular formula is C28H40N2O3. The van der Waals surface area contributed by atoms with E-state index < -0.39 is 6.09 Å². The predicted molar refractivity (Wildman–Crippen MR) is 130 cm³/mol. The average Bonchev–Trinajstić information content (AvgIpc) is 3.08. The first-order valence-corrected chi connectivity index (χ1v) is 13.2. The van der Waals surface area contributed by atoms with Crippen molar-refractivity contribution in [3.8, 4) is 0 Å². The van der Waals surface area contributed by atoms with Crippen LogP contribution < -0.4 is 5.43 Å². The molecule has 3 fully saturated rings. The van der Waals surface area contributed by atoms with Crippen molar-refractivity contribution in [3.63, 3.8) is 0 Å². The molecule has 0 aliphatic heterocycles. The average molecular weight is 453 g/mol. The minimum atomic E-state index is -0.496. The highest BCUT2D eigenvalue weighted by atomic mass is 16.5. The Morgan fingerprint density at radius 3 is 2.73 bits per heavy atom. The number of fused-ring (bicyclic) bond motifs is 7. The monoisotopic (exact) mass is 452 g/mol. The van der Waals surface area contributed by atoms with Gasteiger partial charge in [-0.1, -0.05) is 38.8 Å². The molecule has 0 heterocycles. The van der Waals surface area contributed by atoms with Crippen LogP contribution in [0.2, 0.25) is 0 Å². The molecule has 5 rings (SSSR count). The number of nitrogens with one attached hydrogen (secondary N) is 1. The molecule has 0 saturated heterocycles. The van der Waals surface area contributed by atoms with Gasteiger partial charge in [0.2, 0.25) is 0 Å². The standard InChI is InChI=1S/C28H40N2O3/c1-5-33-25(32)30-29-21-11-14-26(3)19(16-21)9-10-22-23(26)12-15-27(4)24(22)17-20-8-6-7-13-28(20,27)18(2)31/h9-10,16,20,22-24H,5-8,11-15,17H2,1-4H3,(H,30,32)/b29-21+/t20?,22?,23?,24?,26-,27-,28?/m0/s1. The molecule has 0 aromatic carbocycles. The summed E-state index contributed by atoms with van der Waals surface area (Å²) in [6.07, 6.45) is 16.9. The van der Waals surface area contributed by atoms with E-state index in [9.17, 15) is 9.59 Å². The first kappa shape index (κ1) is 22.9. The predicted octanol–water partition coefficient (Wildman–Crippen LogP) is 6.20. The third-order valence-electron chi connectivity index (χ3n) is 10.7. The molecule has 0 spiro atoms. The number of rotatable bonds is 3. The zero-order valence-electron chi connectivity index (χ0n) is 20.8. The van der Waals surface area contributed by atoms with Gasteiger partial charge in [-0.25, -0.2) is 10.2 Å². The van der Waals surface area contributed by atoms with Crippen molar-refractivity contribution in [3.05, 3.63) is 23.8 Å². The molecule has 5 nitrogen and oxygen atoms in total. The third kappa shape index (κ3) is 3.20. The third-order valence-corrected chi connectivity index (χ3v) is 10.7. The van der Waals surface area contributed by atoms with E-state index in [1.165, 1.54) is 44.1 Å². The normalized spacial score (nSPS) is 44.7. The quantitative estimate of drug-likeness (QED) is 0.518. The van der Waals surface area contributed by atoms with Crippen molar-refractivity contribution in [1.82, 2.24) is 5.43 Å². The number of amides is 1. The Morgan fingerprint density at radius 2 is 1.97 bits per heavy atom. The van der Waals surface area contributed by atoms with Crippen LogP contribution in [0.25, 0.3) is 0 Å². The fourth-order valence-electron chi connectivity index (χ4n) is 9.18. The van der Waals surface area contributed by atoms with E-state index in [1.807, 2.05) is 6.92 Å². The molecule has 0 radical (unpaired) electrons. The number of nitrogens with zero attached hydrogens (tertiary/aromatic N) is 1. The van der Waals surface area contributed by atoms with Crippen molar-refractivity contribution in [2.45, 2.75) is 85.5 Å². The number of hydrazone groups is 1. The molecular weight excluding hydrogens is 412 g/mol. The molecule has 3 saturated carbocycles. The van der Waals surface area contributed by atoms with Crippen LogP contribution in [0.15, 0.2) is 28.9 Å². The van der Waals surface area contributed by atoms with Gasteiger partial charge in [0.15, 0.2) is 0 Å². The van der Waals surface area contributed by atoms with Gasteiger partial charge in [-0.15, -0.1) is 0 Å². The van der Waals surface area contributed by atoms with E-state index in [1.54, 1.807) is 6.92 Å². The number of ketones is 1. The summed E-state index contributed by atoms with van der Waals surface area (Å²) in [7, 11) is 0. The number of hydrogen-bond donors (Lipinski definition) is 1. The second-order valence-corrected chi connectivity index (χ2v) is 11.8. The van der Waals surface area contributed by atoms with Crippen LogP contribution in [-0.4, -0.2) is 24.2 Å². The minimum absolute atomic E-state index is 0.0864. The molecule has 5 heteroatoms. The Hall–Kier alpha value is -1.91. The highest BCUT2D eigenvalue weighted by Crippen LogP contribution is 2.73. The Kier molecular flexibility index (Phi) is 5.61. The van der Waals surface area contributed by atoms with Crippen LogP contribution in [0, 0.1) is 39.9 Å². The lowest BCUT2D eigenvalue weighted by molar-refractivity contribution is -0.145. The Labute approximate surface area is 198 Å². The molecule has 180 valence electrons. The Morgan fingerprint density at radius 1 is 1.15 bits per heavy atom. The maximum Gasteiger partial charge on any atom is 0.427 e. The molecule has 1 N–H and O–H groups in total.